The summed E-state index contributed by atoms with van der Waals surface area (Å²) in [6.07, 6.45) is 1.16. The number of benzene rings is 1. The van der Waals surface area contributed by atoms with E-state index in [4.69, 9.17) is 4.74 Å². The number of nitrogens with one attached hydrogen (secondary N) is 1. The fourth-order valence-corrected chi connectivity index (χ4v) is 2.28. The van der Waals surface area contributed by atoms with Crippen molar-refractivity contribution in [1.29, 1.82) is 0 Å². The zero-order valence-electron chi connectivity index (χ0n) is 9.49. The average Bonchev–Trinajstić information content (AvgIpc) is 2.25. The van der Waals surface area contributed by atoms with E-state index in [0.29, 0.717) is 12.0 Å². The molecule has 0 bridgehead atoms. The van der Waals surface area contributed by atoms with Crippen LogP contribution >= 0.6 is 0 Å². The van der Waals surface area contributed by atoms with Gasteiger partial charge in [0.2, 0.25) is 0 Å². The van der Waals surface area contributed by atoms with Crippen molar-refractivity contribution in [3.63, 3.8) is 0 Å². The minimum absolute atomic E-state index is 0.547. The van der Waals surface area contributed by atoms with Crippen LogP contribution in [-0.4, -0.2) is 19.3 Å². The molecule has 2 atom stereocenters. The van der Waals surface area contributed by atoms with Gasteiger partial charge in [-0.15, -0.1) is 0 Å². The second-order valence-corrected chi connectivity index (χ2v) is 4.22. The van der Waals surface area contributed by atoms with Gasteiger partial charge < -0.3 is 10.1 Å². The van der Waals surface area contributed by atoms with Crippen LogP contribution in [0.25, 0.3) is 0 Å². The zero-order chi connectivity index (χ0) is 10.7. The van der Waals surface area contributed by atoms with E-state index in [1.807, 2.05) is 0 Å². The summed E-state index contributed by atoms with van der Waals surface area (Å²) in [5.74, 6) is 0.553. The van der Waals surface area contributed by atoms with Crippen LogP contribution in [0.1, 0.15) is 31.7 Å². The van der Waals surface area contributed by atoms with E-state index < -0.39 is 0 Å². The number of hydrogen-bond acceptors (Lipinski definition) is 2. The van der Waals surface area contributed by atoms with Gasteiger partial charge >= 0.3 is 0 Å². The van der Waals surface area contributed by atoms with E-state index >= 15 is 0 Å². The molecule has 1 aliphatic rings. The first-order valence-corrected chi connectivity index (χ1v) is 5.74. The Bertz CT molecular complexity index is 324. The minimum Gasteiger partial charge on any atom is -0.382 e. The molecule has 0 saturated heterocycles. The quantitative estimate of drug-likeness (QED) is 0.819. The molecule has 0 aliphatic carbocycles. The summed E-state index contributed by atoms with van der Waals surface area (Å²) in [4.78, 5) is 0. The van der Waals surface area contributed by atoms with Crippen molar-refractivity contribution in [3.05, 3.63) is 29.8 Å². The Morgan fingerprint density at radius 3 is 3.00 bits per heavy atom. The standard InChI is InChI=1S/C13H19NO/c1-3-15-9-11-8-10(2)14-13-7-5-4-6-12(11)13/h4-7,10-11,14H,3,8-9H2,1-2H3. The van der Waals surface area contributed by atoms with Crippen molar-refractivity contribution in [2.75, 3.05) is 18.5 Å². The highest BCUT2D eigenvalue weighted by Crippen LogP contribution is 2.33. The van der Waals surface area contributed by atoms with Crippen LogP contribution < -0.4 is 5.32 Å². The van der Waals surface area contributed by atoms with Crippen LogP contribution in [0, 0.1) is 0 Å². The monoisotopic (exact) mass is 205 g/mol. The van der Waals surface area contributed by atoms with E-state index in [9.17, 15) is 0 Å². The number of fused-ring (bicyclic) bond motifs is 1. The molecule has 0 spiro atoms. The van der Waals surface area contributed by atoms with Gasteiger partial charge in [-0.3, -0.25) is 0 Å². The summed E-state index contributed by atoms with van der Waals surface area (Å²) in [6.45, 7) is 5.94. The predicted molar refractivity (Wildman–Crippen MR) is 63.4 cm³/mol. The normalized spacial score (nSPS) is 24.4. The molecule has 1 heterocycles. The lowest BCUT2D eigenvalue weighted by Crippen LogP contribution is -2.27. The van der Waals surface area contributed by atoms with E-state index in [0.717, 1.165) is 19.6 Å². The zero-order valence-corrected chi connectivity index (χ0v) is 9.49. The Kier molecular flexibility index (Phi) is 3.27. The number of ether oxygens (including phenoxy) is 1. The number of hydrogen-bond donors (Lipinski definition) is 1. The summed E-state index contributed by atoms with van der Waals surface area (Å²) in [5, 5.41) is 3.51. The second-order valence-electron chi connectivity index (χ2n) is 4.22. The van der Waals surface area contributed by atoms with Gasteiger partial charge in [-0.25, -0.2) is 0 Å². The van der Waals surface area contributed by atoms with E-state index in [1.165, 1.54) is 11.3 Å². The van der Waals surface area contributed by atoms with Crippen LogP contribution in [0.4, 0.5) is 5.69 Å². The van der Waals surface area contributed by atoms with Gasteiger partial charge in [0.25, 0.3) is 0 Å². The minimum atomic E-state index is 0.547. The van der Waals surface area contributed by atoms with E-state index in [-0.39, 0.29) is 0 Å². The molecule has 2 nitrogen and oxygen atoms in total. The van der Waals surface area contributed by atoms with Crippen LogP contribution in [0.3, 0.4) is 0 Å². The summed E-state index contributed by atoms with van der Waals surface area (Å²) in [5.41, 5.74) is 2.69. The average molecular weight is 205 g/mol. The van der Waals surface area contributed by atoms with Gasteiger partial charge in [0.05, 0.1) is 6.61 Å². The van der Waals surface area contributed by atoms with Crippen LogP contribution in [0.15, 0.2) is 24.3 Å². The first-order chi connectivity index (χ1) is 7.31. The van der Waals surface area contributed by atoms with E-state index in [1.54, 1.807) is 0 Å². The van der Waals surface area contributed by atoms with Crippen molar-refractivity contribution in [2.24, 2.45) is 0 Å². The fourth-order valence-electron chi connectivity index (χ4n) is 2.28. The Morgan fingerprint density at radius 2 is 2.20 bits per heavy atom. The maximum atomic E-state index is 5.55. The summed E-state index contributed by atoms with van der Waals surface area (Å²) in [6, 6.07) is 9.10. The molecule has 15 heavy (non-hydrogen) atoms. The van der Waals surface area contributed by atoms with Crippen LogP contribution in [0.2, 0.25) is 0 Å². The molecule has 2 heteroatoms. The first kappa shape index (κ1) is 10.5. The molecule has 2 unspecified atom stereocenters. The van der Waals surface area contributed by atoms with Crippen LogP contribution in [0.5, 0.6) is 0 Å². The third-order valence-corrected chi connectivity index (χ3v) is 2.96. The summed E-state index contributed by atoms with van der Waals surface area (Å²) >= 11 is 0. The van der Waals surface area contributed by atoms with Crippen molar-refractivity contribution in [2.45, 2.75) is 32.2 Å². The van der Waals surface area contributed by atoms with Gasteiger partial charge in [0.1, 0.15) is 0 Å². The first-order valence-electron chi connectivity index (χ1n) is 5.74. The lowest BCUT2D eigenvalue weighted by atomic mass is 9.88. The van der Waals surface area contributed by atoms with Crippen molar-refractivity contribution in [1.82, 2.24) is 0 Å². The molecular weight excluding hydrogens is 186 g/mol. The molecular formula is C13H19NO. The van der Waals surface area contributed by atoms with Gasteiger partial charge in [0, 0.05) is 24.3 Å². The Hall–Kier alpha value is -1.02. The highest BCUT2D eigenvalue weighted by Gasteiger charge is 2.23. The van der Waals surface area contributed by atoms with Crippen LogP contribution in [-0.2, 0) is 4.74 Å². The third-order valence-electron chi connectivity index (χ3n) is 2.96. The van der Waals surface area contributed by atoms with Gasteiger partial charge in [-0.05, 0) is 31.9 Å². The molecule has 1 aromatic rings. The number of para-hydroxylation sites is 1. The highest BCUT2D eigenvalue weighted by molar-refractivity contribution is 5.55. The Morgan fingerprint density at radius 1 is 1.40 bits per heavy atom. The molecule has 0 aromatic heterocycles. The lowest BCUT2D eigenvalue weighted by molar-refractivity contribution is 0.127. The van der Waals surface area contributed by atoms with Gasteiger partial charge in [-0.1, -0.05) is 18.2 Å². The van der Waals surface area contributed by atoms with Crippen molar-refractivity contribution < 1.29 is 4.74 Å². The number of anilines is 1. The molecule has 1 aromatic carbocycles. The molecule has 1 aliphatic heterocycles. The van der Waals surface area contributed by atoms with Gasteiger partial charge in [0.15, 0.2) is 0 Å². The molecule has 82 valence electrons. The SMILES string of the molecule is CCOCC1CC(C)Nc2ccccc21. The summed E-state index contributed by atoms with van der Waals surface area (Å²) < 4.78 is 5.55. The largest absolute Gasteiger partial charge is 0.382 e. The molecule has 0 radical (unpaired) electrons. The smallest absolute Gasteiger partial charge is 0.0536 e. The molecule has 0 fully saturated rings. The Labute approximate surface area is 91.6 Å². The summed E-state index contributed by atoms with van der Waals surface area (Å²) in [7, 11) is 0. The second kappa shape index (κ2) is 4.67. The van der Waals surface area contributed by atoms with E-state index in [2.05, 4.69) is 43.4 Å². The van der Waals surface area contributed by atoms with Crippen molar-refractivity contribution in [3.8, 4) is 0 Å². The lowest BCUT2D eigenvalue weighted by Gasteiger charge is -2.31. The molecule has 0 amide bonds. The maximum Gasteiger partial charge on any atom is 0.0536 e. The molecule has 2 rings (SSSR count). The topological polar surface area (TPSA) is 21.3 Å². The predicted octanol–water partition coefficient (Wildman–Crippen LogP) is 3.01. The van der Waals surface area contributed by atoms with Crippen molar-refractivity contribution >= 4 is 5.69 Å². The highest BCUT2D eigenvalue weighted by atomic mass is 16.5. The maximum absolute atomic E-state index is 5.55. The van der Waals surface area contributed by atoms with Gasteiger partial charge in [-0.2, -0.15) is 0 Å². The molecule has 0 saturated carbocycles. The fraction of sp³-hybridized carbons (Fsp3) is 0.538. The number of rotatable bonds is 3. The molecule has 1 N–H and O–H groups in total. The Balaban J connectivity index is 2.18. The third kappa shape index (κ3) is 2.32.